The van der Waals surface area contributed by atoms with Crippen molar-refractivity contribution in [2.45, 2.75) is 44.4 Å². The van der Waals surface area contributed by atoms with Crippen LogP contribution in [-0.2, 0) is 11.8 Å². The van der Waals surface area contributed by atoms with E-state index < -0.39 is 5.41 Å². The Labute approximate surface area is 361 Å². The van der Waals surface area contributed by atoms with Crippen LogP contribution in [-0.4, -0.2) is 19.1 Å². The summed E-state index contributed by atoms with van der Waals surface area (Å²) in [5.41, 5.74) is 20.8. The standard InChI is InChI=1S/C58H44N4/c1-57-37-43-40(24-17-33-49(43)61-50-31-12-10-29-47(50)59-55(61)38-19-4-2-5-20-38)53(42-25-16-28-46-54(42)41-23-8-9-26-44(41)58(46)35-14-15-36-58)45(57)27-18-34-52(57)62-51-32-13-11-30-48(51)60-56(62)39-21-6-3-7-22-39/h2-13,16-34H,14-15,35-37H2,1H3. The van der Waals surface area contributed by atoms with E-state index in [4.69, 9.17) is 9.97 Å². The van der Waals surface area contributed by atoms with Crippen molar-refractivity contribution in [1.29, 1.82) is 0 Å². The number of para-hydroxylation sites is 4. The molecule has 4 aliphatic carbocycles. The second-order valence-corrected chi connectivity index (χ2v) is 17.8. The maximum Gasteiger partial charge on any atom is 0.145 e. The van der Waals surface area contributed by atoms with Crippen LogP contribution in [0.2, 0.25) is 0 Å². The van der Waals surface area contributed by atoms with Gasteiger partial charge in [0.15, 0.2) is 0 Å². The van der Waals surface area contributed by atoms with E-state index in [-0.39, 0.29) is 5.41 Å². The van der Waals surface area contributed by atoms with Crippen LogP contribution in [0.25, 0.3) is 72.9 Å². The largest absolute Gasteiger partial charge is 0.295 e. The van der Waals surface area contributed by atoms with Gasteiger partial charge in [0.2, 0.25) is 0 Å². The molecule has 1 fully saturated rings. The Balaban J connectivity index is 1.14. The monoisotopic (exact) mass is 796 g/mol. The number of aromatic nitrogens is 4. The van der Waals surface area contributed by atoms with Gasteiger partial charge in [-0.05, 0) is 113 Å². The fraction of sp³-hybridized carbons (Fsp3) is 0.138. The highest BCUT2D eigenvalue weighted by molar-refractivity contribution is 6.01. The molecule has 7 aromatic carbocycles. The first-order chi connectivity index (χ1) is 30.6. The molecule has 1 atom stereocenters. The third kappa shape index (κ3) is 4.89. The molecule has 2 aromatic heterocycles. The fourth-order valence-electron chi connectivity index (χ4n) is 11.9. The number of imidazole rings is 2. The minimum atomic E-state index is -0.463. The van der Waals surface area contributed by atoms with Crippen LogP contribution in [0.15, 0.2) is 194 Å². The number of hydrogen-bond donors (Lipinski definition) is 0. The lowest BCUT2D eigenvalue weighted by Crippen LogP contribution is -2.33. The zero-order valence-electron chi connectivity index (χ0n) is 34.7. The highest BCUT2D eigenvalue weighted by Crippen LogP contribution is 2.61. The quantitative estimate of drug-likeness (QED) is 0.174. The number of benzene rings is 7. The summed E-state index contributed by atoms with van der Waals surface area (Å²) in [4.78, 5) is 10.7. The Morgan fingerprint density at radius 2 is 1.08 bits per heavy atom. The Bertz CT molecular complexity index is 3390. The zero-order valence-corrected chi connectivity index (χ0v) is 34.7. The van der Waals surface area contributed by atoms with Gasteiger partial charge >= 0.3 is 0 Å². The number of allylic oxidation sites excluding steroid dienone is 5. The van der Waals surface area contributed by atoms with Crippen molar-refractivity contribution in [2.75, 3.05) is 0 Å². The summed E-state index contributed by atoms with van der Waals surface area (Å²) in [6.45, 7) is 2.49. The normalized spacial score (nSPS) is 18.2. The third-order valence-corrected chi connectivity index (χ3v) is 14.6. The van der Waals surface area contributed by atoms with Crippen LogP contribution in [0.5, 0.6) is 0 Å². The molecule has 2 heterocycles. The Morgan fingerprint density at radius 1 is 0.516 bits per heavy atom. The molecule has 0 radical (unpaired) electrons. The van der Waals surface area contributed by atoms with E-state index in [0.717, 1.165) is 51.3 Å². The summed E-state index contributed by atoms with van der Waals surface area (Å²) in [6, 6.07) is 62.1. The average Bonchev–Trinajstić information content (AvgIpc) is 4.12. The van der Waals surface area contributed by atoms with Gasteiger partial charge in [-0.2, -0.15) is 0 Å². The predicted octanol–water partition coefficient (Wildman–Crippen LogP) is 14.0. The van der Waals surface area contributed by atoms with E-state index in [0.29, 0.717) is 0 Å². The van der Waals surface area contributed by atoms with E-state index >= 15 is 0 Å². The van der Waals surface area contributed by atoms with Crippen LogP contribution >= 0.6 is 0 Å². The van der Waals surface area contributed by atoms with Gasteiger partial charge in [-0.25, -0.2) is 9.97 Å². The van der Waals surface area contributed by atoms with Crippen LogP contribution < -0.4 is 0 Å². The van der Waals surface area contributed by atoms with Gasteiger partial charge in [0.05, 0.1) is 27.8 Å². The van der Waals surface area contributed by atoms with E-state index in [1.54, 1.807) is 0 Å². The van der Waals surface area contributed by atoms with Crippen molar-refractivity contribution < 1.29 is 0 Å². The molecule has 0 N–H and O–H groups in total. The molecule has 13 rings (SSSR count). The lowest BCUT2D eigenvalue weighted by molar-refractivity contribution is 0.512. The number of hydrogen-bond acceptors (Lipinski definition) is 2. The molecule has 0 aliphatic heterocycles. The summed E-state index contributed by atoms with van der Waals surface area (Å²) in [7, 11) is 0. The van der Waals surface area contributed by atoms with Gasteiger partial charge in [0.25, 0.3) is 0 Å². The van der Waals surface area contributed by atoms with Gasteiger partial charge < -0.3 is 0 Å². The molecule has 1 spiro atoms. The van der Waals surface area contributed by atoms with Crippen molar-refractivity contribution in [3.05, 3.63) is 221 Å². The maximum atomic E-state index is 5.37. The SMILES string of the molecule is CC12Cc3c(cccc3-n3c(-c4ccccc4)nc4ccccc43)C(c3cccc4c3-c3ccccc3C43CCCC3)=C1C=CC=C2n1c(-c2ccccc2)nc2ccccc21. The van der Waals surface area contributed by atoms with Gasteiger partial charge in [0.1, 0.15) is 11.6 Å². The van der Waals surface area contributed by atoms with Gasteiger partial charge in [0, 0.05) is 27.7 Å². The first-order valence-corrected chi connectivity index (χ1v) is 22.2. The summed E-state index contributed by atoms with van der Waals surface area (Å²) in [5, 5.41) is 0. The predicted molar refractivity (Wildman–Crippen MR) is 254 cm³/mol. The smallest absolute Gasteiger partial charge is 0.145 e. The number of fused-ring (bicyclic) bond motifs is 9. The molecule has 0 amide bonds. The summed E-state index contributed by atoms with van der Waals surface area (Å²) in [5.74, 6) is 1.91. The van der Waals surface area contributed by atoms with E-state index in [9.17, 15) is 0 Å². The Kier molecular flexibility index (Phi) is 7.63. The lowest BCUT2D eigenvalue weighted by atomic mass is 9.63. The molecule has 62 heavy (non-hydrogen) atoms. The van der Waals surface area contributed by atoms with Gasteiger partial charge in [-0.1, -0.05) is 165 Å². The lowest BCUT2D eigenvalue weighted by Gasteiger charge is -2.43. The van der Waals surface area contributed by atoms with E-state index in [1.807, 2.05) is 0 Å². The molecule has 9 aromatic rings. The second kappa shape index (κ2) is 13.3. The second-order valence-electron chi connectivity index (χ2n) is 17.8. The maximum absolute atomic E-state index is 5.37. The van der Waals surface area contributed by atoms with Gasteiger partial charge in [-0.15, -0.1) is 0 Å². The highest BCUT2D eigenvalue weighted by atomic mass is 15.1. The summed E-state index contributed by atoms with van der Waals surface area (Å²) >= 11 is 0. The Hall–Kier alpha value is -7.30. The molecular weight excluding hydrogens is 753 g/mol. The minimum absolute atomic E-state index is 0.0594. The van der Waals surface area contributed by atoms with Crippen molar-refractivity contribution >= 4 is 33.3 Å². The number of nitrogens with zero attached hydrogens (tertiary/aromatic N) is 4. The first kappa shape index (κ1) is 35.5. The van der Waals surface area contributed by atoms with E-state index in [2.05, 4.69) is 204 Å². The molecule has 1 saturated carbocycles. The number of rotatable bonds is 5. The van der Waals surface area contributed by atoms with Gasteiger partial charge in [-0.3, -0.25) is 9.13 Å². The highest BCUT2D eigenvalue weighted by Gasteiger charge is 2.48. The molecule has 4 heteroatoms. The first-order valence-electron chi connectivity index (χ1n) is 22.2. The Morgan fingerprint density at radius 3 is 1.81 bits per heavy atom. The zero-order chi connectivity index (χ0) is 41.0. The molecule has 1 unspecified atom stereocenters. The van der Waals surface area contributed by atoms with Crippen LogP contribution in [0, 0.1) is 5.41 Å². The van der Waals surface area contributed by atoms with Crippen molar-refractivity contribution in [3.63, 3.8) is 0 Å². The van der Waals surface area contributed by atoms with Crippen molar-refractivity contribution in [3.8, 4) is 39.6 Å². The molecule has 0 bridgehead atoms. The fourth-order valence-corrected chi connectivity index (χ4v) is 11.9. The molecule has 296 valence electrons. The summed E-state index contributed by atoms with van der Waals surface area (Å²) in [6.07, 6.45) is 12.8. The van der Waals surface area contributed by atoms with E-state index in [1.165, 1.54) is 87.2 Å². The topological polar surface area (TPSA) is 35.6 Å². The molecule has 0 saturated heterocycles. The molecule has 4 nitrogen and oxygen atoms in total. The van der Waals surface area contributed by atoms with Crippen molar-refractivity contribution in [2.24, 2.45) is 5.41 Å². The van der Waals surface area contributed by atoms with Crippen LogP contribution in [0.4, 0.5) is 0 Å². The third-order valence-electron chi connectivity index (χ3n) is 14.6. The summed E-state index contributed by atoms with van der Waals surface area (Å²) < 4.78 is 4.89. The van der Waals surface area contributed by atoms with Crippen LogP contribution in [0.1, 0.15) is 60.4 Å². The average molecular weight is 797 g/mol. The minimum Gasteiger partial charge on any atom is -0.295 e. The molecule has 4 aliphatic rings. The molecular formula is C58H44N4. The van der Waals surface area contributed by atoms with Crippen LogP contribution in [0.3, 0.4) is 0 Å². The van der Waals surface area contributed by atoms with Crippen molar-refractivity contribution in [1.82, 2.24) is 19.1 Å².